The number of carboxylic acid groups (broad SMARTS) is 1. The highest BCUT2D eigenvalue weighted by atomic mass is 16.5. The van der Waals surface area contributed by atoms with Crippen LogP contribution < -0.4 is 5.32 Å². The third kappa shape index (κ3) is 3.93. The summed E-state index contributed by atoms with van der Waals surface area (Å²) in [5.41, 5.74) is 4.64. The molecule has 2 N–H and O–H groups in total. The Morgan fingerprint density at radius 2 is 1.74 bits per heavy atom. The minimum atomic E-state index is -0.821. The number of carboxylic acids is 1. The molecule has 178 valence electrons. The van der Waals surface area contributed by atoms with E-state index < -0.39 is 18.0 Å². The molecular weight excluding hydrogens is 432 g/mol. The first-order valence-electron chi connectivity index (χ1n) is 12.1. The zero-order valence-corrected chi connectivity index (χ0v) is 19.3. The van der Waals surface area contributed by atoms with Crippen molar-refractivity contribution in [1.82, 2.24) is 10.2 Å². The number of hydrogen-bond donors (Lipinski definition) is 2. The van der Waals surface area contributed by atoms with E-state index in [1.54, 1.807) is 4.90 Å². The number of benzene rings is 2. The number of nitrogens with zero attached hydrogens (tertiary/aromatic N) is 1. The first-order valence-corrected chi connectivity index (χ1v) is 12.1. The van der Waals surface area contributed by atoms with E-state index in [2.05, 4.69) is 29.6 Å². The van der Waals surface area contributed by atoms with Crippen LogP contribution in [0.1, 0.15) is 49.7 Å². The van der Waals surface area contributed by atoms with Crippen molar-refractivity contribution < 1.29 is 24.2 Å². The monoisotopic (exact) mass is 462 g/mol. The van der Waals surface area contributed by atoms with Crippen molar-refractivity contribution in [1.29, 1.82) is 0 Å². The van der Waals surface area contributed by atoms with Crippen LogP contribution in [0.4, 0.5) is 4.79 Å². The van der Waals surface area contributed by atoms with Crippen LogP contribution >= 0.6 is 0 Å². The Bertz CT molecular complexity index is 1070. The average Bonchev–Trinajstić information content (AvgIpc) is 3.49. The Hall–Kier alpha value is -3.35. The van der Waals surface area contributed by atoms with Crippen LogP contribution in [0.5, 0.6) is 0 Å². The predicted molar refractivity (Wildman–Crippen MR) is 126 cm³/mol. The molecule has 2 aromatic carbocycles. The summed E-state index contributed by atoms with van der Waals surface area (Å²) in [5, 5.41) is 12.2. The number of aliphatic carboxylic acids is 1. The van der Waals surface area contributed by atoms with Crippen LogP contribution in [0.2, 0.25) is 0 Å². The maximum atomic E-state index is 12.9. The molecule has 2 aromatic rings. The Labute approximate surface area is 199 Å². The second kappa shape index (κ2) is 9.12. The number of carbonyl (C=O) groups excluding carboxylic acids is 2. The average molecular weight is 463 g/mol. The Morgan fingerprint density at radius 1 is 1.09 bits per heavy atom. The summed E-state index contributed by atoms with van der Waals surface area (Å²) < 4.78 is 5.65. The number of carbonyl (C=O) groups is 3. The van der Waals surface area contributed by atoms with Crippen LogP contribution in [0.15, 0.2) is 48.5 Å². The number of ether oxygens (including phenoxy) is 1. The number of rotatable bonds is 8. The molecule has 2 saturated heterocycles. The van der Waals surface area contributed by atoms with Crippen LogP contribution in [-0.4, -0.2) is 53.2 Å². The van der Waals surface area contributed by atoms with Crippen molar-refractivity contribution in [2.24, 2.45) is 11.8 Å². The standard InChI is InChI=1S/C27H30N2O5/c1-2-7-17(13-24(30)29-14-16-12-23(29)25(16)26(31)32)28-27(33)34-15-22-20-10-5-3-8-18(20)19-9-4-6-11-21(19)22/h3-6,8-11,16-17,22-23,25H,2,7,12-15H2,1H3,(H,28,33)(H,31,32)/t16?,17-,23?,25?/m1/s1. The van der Waals surface area contributed by atoms with Gasteiger partial charge in [-0.15, -0.1) is 0 Å². The molecule has 6 rings (SSSR count). The van der Waals surface area contributed by atoms with Crippen molar-refractivity contribution in [2.75, 3.05) is 13.2 Å². The van der Waals surface area contributed by atoms with Gasteiger partial charge < -0.3 is 20.1 Å². The van der Waals surface area contributed by atoms with Crippen LogP contribution in [0, 0.1) is 11.8 Å². The SMILES string of the molecule is CCC[C@H](CC(=O)N1CC2CC1C2C(=O)O)NC(=O)OCC1c2ccccc2-c2ccccc21. The van der Waals surface area contributed by atoms with E-state index in [-0.39, 0.29) is 42.9 Å². The van der Waals surface area contributed by atoms with E-state index in [9.17, 15) is 19.5 Å². The summed E-state index contributed by atoms with van der Waals surface area (Å²) in [7, 11) is 0. The van der Waals surface area contributed by atoms with E-state index in [1.807, 2.05) is 31.2 Å². The quantitative estimate of drug-likeness (QED) is 0.618. The first-order chi connectivity index (χ1) is 16.5. The molecule has 4 aliphatic rings. The second-order valence-electron chi connectivity index (χ2n) is 9.63. The minimum Gasteiger partial charge on any atom is -0.481 e. The highest BCUT2D eigenvalue weighted by Gasteiger charge is 2.57. The normalized spacial score (nSPS) is 23.0. The third-order valence-corrected chi connectivity index (χ3v) is 7.63. The summed E-state index contributed by atoms with van der Waals surface area (Å²) in [4.78, 5) is 38.7. The fraction of sp³-hybridized carbons (Fsp3) is 0.444. The number of hydrogen-bond acceptors (Lipinski definition) is 4. The summed E-state index contributed by atoms with van der Waals surface area (Å²) in [6.07, 6.45) is 1.86. The van der Waals surface area contributed by atoms with Gasteiger partial charge >= 0.3 is 12.1 Å². The molecule has 2 bridgehead atoms. The summed E-state index contributed by atoms with van der Waals surface area (Å²) in [6, 6.07) is 15.8. The molecule has 2 heterocycles. The number of alkyl carbamates (subject to hydrolysis) is 1. The molecule has 2 aliphatic carbocycles. The van der Waals surface area contributed by atoms with Crippen LogP contribution in [0.25, 0.3) is 11.1 Å². The minimum absolute atomic E-state index is 0.0197. The van der Waals surface area contributed by atoms with Gasteiger partial charge in [-0.05, 0) is 41.0 Å². The maximum Gasteiger partial charge on any atom is 0.407 e. The lowest BCUT2D eigenvalue weighted by atomic mass is 9.74. The van der Waals surface area contributed by atoms with Gasteiger partial charge in [-0.25, -0.2) is 4.79 Å². The predicted octanol–water partition coefficient (Wildman–Crippen LogP) is 4.02. The topological polar surface area (TPSA) is 95.9 Å². The number of fused-ring (bicyclic) bond motifs is 4. The van der Waals surface area contributed by atoms with Gasteiger partial charge in [-0.1, -0.05) is 61.9 Å². The van der Waals surface area contributed by atoms with Gasteiger partial charge in [0, 0.05) is 31.0 Å². The third-order valence-electron chi connectivity index (χ3n) is 7.63. The molecule has 7 heteroatoms. The molecule has 2 aliphatic heterocycles. The van der Waals surface area contributed by atoms with Crippen LogP contribution in [0.3, 0.4) is 0 Å². The Morgan fingerprint density at radius 3 is 2.32 bits per heavy atom. The van der Waals surface area contributed by atoms with E-state index >= 15 is 0 Å². The molecule has 4 atom stereocenters. The molecular formula is C27H30N2O5. The van der Waals surface area contributed by atoms with E-state index in [0.29, 0.717) is 13.0 Å². The van der Waals surface area contributed by atoms with Crippen molar-refractivity contribution in [3.8, 4) is 11.1 Å². The maximum absolute atomic E-state index is 12.9. The summed E-state index contributed by atoms with van der Waals surface area (Å²) in [5.74, 6) is -1.31. The van der Waals surface area contributed by atoms with Gasteiger partial charge in [-0.3, -0.25) is 9.59 Å². The van der Waals surface area contributed by atoms with E-state index in [0.717, 1.165) is 24.0 Å². The van der Waals surface area contributed by atoms with Gasteiger partial charge in [-0.2, -0.15) is 0 Å². The first kappa shape index (κ1) is 22.4. The van der Waals surface area contributed by atoms with Gasteiger partial charge in [0.05, 0.1) is 5.92 Å². The molecule has 0 spiro atoms. The molecule has 1 saturated carbocycles. The lowest BCUT2D eigenvalue weighted by Crippen LogP contribution is -2.46. The molecule has 0 radical (unpaired) electrons. The Balaban J connectivity index is 1.19. The molecule has 3 fully saturated rings. The van der Waals surface area contributed by atoms with Gasteiger partial charge in [0.1, 0.15) is 6.61 Å². The largest absolute Gasteiger partial charge is 0.481 e. The number of nitrogens with one attached hydrogen (secondary N) is 1. The van der Waals surface area contributed by atoms with Gasteiger partial charge in [0.15, 0.2) is 0 Å². The summed E-state index contributed by atoms with van der Waals surface area (Å²) in [6.45, 7) is 2.73. The fourth-order valence-corrected chi connectivity index (χ4v) is 5.98. The molecule has 34 heavy (non-hydrogen) atoms. The Kier molecular flexibility index (Phi) is 6.02. The highest BCUT2D eigenvalue weighted by Crippen LogP contribution is 2.47. The van der Waals surface area contributed by atoms with E-state index in [1.165, 1.54) is 11.1 Å². The highest BCUT2D eigenvalue weighted by molar-refractivity contribution is 5.82. The molecule has 2 amide bonds. The zero-order valence-electron chi connectivity index (χ0n) is 19.3. The lowest BCUT2D eigenvalue weighted by molar-refractivity contribution is -0.148. The summed E-state index contributed by atoms with van der Waals surface area (Å²) >= 11 is 0. The van der Waals surface area contributed by atoms with Crippen LogP contribution in [-0.2, 0) is 14.3 Å². The fourth-order valence-electron chi connectivity index (χ4n) is 5.98. The van der Waals surface area contributed by atoms with Gasteiger partial charge in [0.25, 0.3) is 0 Å². The van der Waals surface area contributed by atoms with Crippen molar-refractivity contribution >= 4 is 18.0 Å². The van der Waals surface area contributed by atoms with Crippen molar-refractivity contribution in [3.63, 3.8) is 0 Å². The second-order valence-corrected chi connectivity index (χ2v) is 9.63. The van der Waals surface area contributed by atoms with Gasteiger partial charge in [0.2, 0.25) is 5.91 Å². The molecule has 7 nitrogen and oxygen atoms in total. The van der Waals surface area contributed by atoms with E-state index in [4.69, 9.17) is 4.74 Å². The van der Waals surface area contributed by atoms with Crippen molar-refractivity contribution in [3.05, 3.63) is 59.7 Å². The zero-order chi connectivity index (χ0) is 23.8. The molecule has 0 aromatic heterocycles. The molecule has 3 unspecified atom stereocenters. The number of amides is 2. The lowest BCUT2D eigenvalue weighted by Gasteiger charge is -2.33. The van der Waals surface area contributed by atoms with Crippen molar-refractivity contribution in [2.45, 2.75) is 50.6 Å². The smallest absolute Gasteiger partial charge is 0.407 e.